The third-order valence-corrected chi connectivity index (χ3v) is 3.39. The van der Waals surface area contributed by atoms with Gasteiger partial charge in [-0.2, -0.15) is 0 Å². The lowest BCUT2D eigenvalue weighted by Gasteiger charge is -2.09. The number of halogens is 1. The van der Waals surface area contributed by atoms with Crippen molar-refractivity contribution < 1.29 is 4.79 Å². The largest absolute Gasteiger partial charge is 0.303 e. The molecule has 1 unspecified atom stereocenters. The van der Waals surface area contributed by atoms with E-state index in [9.17, 15) is 4.79 Å². The lowest BCUT2D eigenvalue weighted by atomic mass is 9.99. The Kier molecular flexibility index (Phi) is 2.49. The Hall–Kier alpha value is -0.630. The van der Waals surface area contributed by atoms with Crippen LogP contribution in [0.5, 0.6) is 0 Å². The van der Waals surface area contributed by atoms with Crippen LogP contribution in [-0.2, 0) is 11.2 Å². The third-order valence-electron chi connectivity index (χ3n) is 2.69. The zero-order chi connectivity index (χ0) is 9.26. The highest BCUT2D eigenvalue weighted by atomic mass is 79.9. The van der Waals surface area contributed by atoms with Gasteiger partial charge in [0.2, 0.25) is 0 Å². The van der Waals surface area contributed by atoms with E-state index in [1.54, 1.807) is 0 Å². The summed E-state index contributed by atoms with van der Waals surface area (Å²) in [4.78, 5) is 10.5. The van der Waals surface area contributed by atoms with Crippen LogP contribution in [0.3, 0.4) is 0 Å². The third kappa shape index (κ3) is 1.55. The second-order valence-electron chi connectivity index (χ2n) is 3.45. The number of fused-ring (bicyclic) bond motifs is 1. The number of benzene rings is 1. The molecule has 1 atom stereocenters. The van der Waals surface area contributed by atoms with Crippen LogP contribution < -0.4 is 0 Å². The van der Waals surface area contributed by atoms with Gasteiger partial charge in [-0.15, -0.1) is 0 Å². The molecule has 1 aromatic rings. The molecule has 0 amide bonds. The van der Waals surface area contributed by atoms with Crippen molar-refractivity contribution in [1.82, 2.24) is 0 Å². The summed E-state index contributed by atoms with van der Waals surface area (Å²) >= 11 is 3.54. The summed E-state index contributed by atoms with van der Waals surface area (Å²) in [7, 11) is 0. The molecule has 0 aliphatic heterocycles. The molecule has 0 N–H and O–H groups in total. The van der Waals surface area contributed by atoms with Crippen molar-refractivity contribution in [2.45, 2.75) is 25.2 Å². The van der Waals surface area contributed by atoms with Crippen LogP contribution in [0.2, 0.25) is 0 Å². The van der Waals surface area contributed by atoms with E-state index in [0.29, 0.717) is 12.3 Å². The molecule has 0 saturated carbocycles. The number of hydrogen-bond acceptors (Lipinski definition) is 1. The van der Waals surface area contributed by atoms with E-state index in [0.717, 1.165) is 23.6 Å². The summed E-state index contributed by atoms with van der Waals surface area (Å²) in [6, 6.07) is 6.28. The fourth-order valence-corrected chi connectivity index (χ4v) is 2.81. The summed E-state index contributed by atoms with van der Waals surface area (Å²) in [5.41, 5.74) is 2.76. The normalized spacial score (nSPS) is 19.9. The molecule has 1 aromatic carbocycles. The van der Waals surface area contributed by atoms with E-state index in [1.807, 2.05) is 0 Å². The molecule has 0 saturated heterocycles. The van der Waals surface area contributed by atoms with Gasteiger partial charge in [-0.05, 0) is 36.0 Å². The van der Waals surface area contributed by atoms with Crippen LogP contribution in [0.4, 0.5) is 0 Å². The van der Waals surface area contributed by atoms with Crippen LogP contribution in [0, 0.1) is 0 Å². The molecule has 0 bridgehead atoms. The van der Waals surface area contributed by atoms with Crippen LogP contribution >= 0.6 is 15.9 Å². The van der Waals surface area contributed by atoms with Gasteiger partial charge in [0, 0.05) is 10.9 Å². The molecule has 2 heteroatoms. The number of hydrogen-bond donors (Lipinski definition) is 0. The lowest BCUT2D eigenvalue weighted by Crippen LogP contribution is -1.94. The highest BCUT2D eigenvalue weighted by Crippen LogP contribution is 2.39. The van der Waals surface area contributed by atoms with Gasteiger partial charge in [0.05, 0.1) is 0 Å². The number of carbonyl (C=O) groups is 1. The average molecular weight is 239 g/mol. The molecule has 2 rings (SSSR count). The van der Waals surface area contributed by atoms with Crippen molar-refractivity contribution in [3.05, 3.63) is 33.8 Å². The standard InChI is InChI=1S/C11H11BrO/c12-10-3-1-2-8-4-5-9(6-7-13)11(8)10/h1-3,7,9H,4-6H2. The van der Waals surface area contributed by atoms with Gasteiger partial charge in [0.15, 0.2) is 0 Å². The van der Waals surface area contributed by atoms with Gasteiger partial charge in [0.25, 0.3) is 0 Å². The Morgan fingerprint density at radius 2 is 2.38 bits per heavy atom. The fraction of sp³-hybridized carbons (Fsp3) is 0.364. The summed E-state index contributed by atoms with van der Waals surface area (Å²) < 4.78 is 1.16. The minimum absolute atomic E-state index is 0.447. The molecule has 0 radical (unpaired) electrons. The van der Waals surface area contributed by atoms with Crippen LogP contribution in [0.15, 0.2) is 22.7 Å². The second-order valence-corrected chi connectivity index (χ2v) is 4.30. The predicted molar refractivity (Wildman–Crippen MR) is 55.9 cm³/mol. The number of carbonyl (C=O) groups excluding carboxylic acids is 1. The van der Waals surface area contributed by atoms with Crippen molar-refractivity contribution in [2.24, 2.45) is 0 Å². The Bertz CT molecular complexity index is 333. The first kappa shape index (κ1) is 8.95. The van der Waals surface area contributed by atoms with Crippen molar-refractivity contribution >= 4 is 22.2 Å². The van der Waals surface area contributed by atoms with Crippen molar-refractivity contribution in [2.75, 3.05) is 0 Å². The minimum Gasteiger partial charge on any atom is -0.303 e. The van der Waals surface area contributed by atoms with Gasteiger partial charge in [-0.25, -0.2) is 0 Å². The van der Waals surface area contributed by atoms with Crippen molar-refractivity contribution in [3.8, 4) is 0 Å². The molecule has 0 heterocycles. The monoisotopic (exact) mass is 238 g/mol. The zero-order valence-electron chi connectivity index (χ0n) is 7.29. The first-order valence-electron chi connectivity index (χ1n) is 4.54. The molecule has 1 aliphatic rings. The Balaban J connectivity index is 2.39. The van der Waals surface area contributed by atoms with Gasteiger partial charge < -0.3 is 4.79 Å². The lowest BCUT2D eigenvalue weighted by molar-refractivity contribution is -0.108. The summed E-state index contributed by atoms with van der Waals surface area (Å²) in [5, 5.41) is 0. The number of rotatable bonds is 2. The van der Waals surface area contributed by atoms with E-state index in [2.05, 4.69) is 34.1 Å². The topological polar surface area (TPSA) is 17.1 Å². The van der Waals surface area contributed by atoms with Crippen LogP contribution in [0.1, 0.15) is 29.9 Å². The van der Waals surface area contributed by atoms with Gasteiger partial charge in [0.1, 0.15) is 6.29 Å². The van der Waals surface area contributed by atoms with Gasteiger partial charge in [-0.3, -0.25) is 0 Å². The smallest absolute Gasteiger partial charge is 0.120 e. The Labute approximate surface area is 86.3 Å². The highest BCUT2D eigenvalue weighted by molar-refractivity contribution is 9.10. The zero-order valence-corrected chi connectivity index (χ0v) is 8.88. The second kappa shape index (κ2) is 3.62. The highest BCUT2D eigenvalue weighted by Gasteiger charge is 2.23. The molecule has 68 valence electrons. The first-order valence-corrected chi connectivity index (χ1v) is 5.33. The maximum Gasteiger partial charge on any atom is 0.120 e. The number of aryl methyl sites for hydroxylation is 1. The maximum absolute atomic E-state index is 10.5. The van der Waals surface area contributed by atoms with Crippen molar-refractivity contribution in [1.29, 1.82) is 0 Å². The first-order chi connectivity index (χ1) is 6.33. The van der Waals surface area contributed by atoms with Crippen LogP contribution in [0.25, 0.3) is 0 Å². The summed E-state index contributed by atoms with van der Waals surface area (Å²) in [6.45, 7) is 0. The Morgan fingerprint density at radius 1 is 1.54 bits per heavy atom. The minimum atomic E-state index is 0.447. The summed E-state index contributed by atoms with van der Waals surface area (Å²) in [5.74, 6) is 0.447. The molecular weight excluding hydrogens is 228 g/mol. The molecule has 0 spiro atoms. The van der Waals surface area contributed by atoms with E-state index in [-0.39, 0.29) is 0 Å². The maximum atomic E-state index is 10.5. The molecule has 13 heavy (non-hydrogen) atoms. The molecule has 1 aliphatic carbocycles. The van der Waals surface area contributed by atoms with Crippen molar-refractivity contribution in [3.63, 3.8) is 0 Å². The molecular formula is C11H11BrO. The van der Waals surface area contributed by atoms with E-state index in [4.69, 9.17) is 0 Å². The fourth-order valence-electron chi connectivity index (χ4n) is 2.08. The van der Waals surface area contributed by atoms with E-state index >= 15 is 0 Å². The SMILES string of the molecule is O=CCC1CCc2cccc(Br)c21. The molecule has 1 nitrogen and oxygen atoms in total. The van der Waals surface area contributed by atoms with Gasteiger partial charge in [-0.1, -0.05) is 28.1 Å². The predicted octanol–water partition coefficient (Wildman–Crippen LogP) is 3.07. The molecule has 0 aromatic heterocycles. The Morgan fingerprint density at radius 3 is 3.15 bits per heavy atom. The quantitative estimate of drug-likeness (QED) is 0.725. The van der Waals surface area contributed by atoms with Crippen LogP contribution in [-0.4, -0.2) is 6.29 Å². The van der Waals surface area contributed by atoms with E-state index < -0.39 is 0 Å². The molecule has 0 fully saturated rings. The van der Waals surface area contributed by atoms with E-state index in [1.165, 1.54) is 11.1 Å². The van der Waals surface area contributed by atoms with Gasteiger partial charge >= 0.3 is 0 Å². The number of aldehydes is 1. The summed E-state index contributed by atoms with van der Waals surface area (Å²) in [6.07, 6.45) is 3.93. The average Bonchev–Trinajstić information content (AvgIpc) is 2.51.